The van der Waals surface area contributed by atoms with E-state index in [9.17, 15) is 0 Å². The highest BCUT2D eigenvalue weighted by molar-refractivity contribution is 5.46. The summed E-state index contributed by atoms with van der Waals surface area (Å²) in [5.41, 5.74) is 8.36. The van der Waals surface area contributed by atoms with Crippen molar-refractivity contribution in [2.45, 2.75) is 84.0 Å². The van der Waals surface area contributed by atoms with Crippen LogP contribution in [0, 0.1) is 0 Å². The van der Waals surface area contributed by atoms with Crippen LogP contribution in [0.1, 0.15) is 83.1 Å². The molecule has 2 heteroatoms. The Hall–Kier alpha value is -1.02. The van der Waals surface area contributed by atoms with E-state index in [2.05, 4.69) is 43.1 Å². The number of nitrogens with two attached hydrogens (primary N) is 1. The van der Waals surface area contributed by atoms with Gasteiger partial charge in [0.2, 0.25) is 0 Å². The van der Waals surface area contributed by atoms with Crippen molar-refractivity contribution in [1.29, 1.82) is 0 Å². The standard InChI is InChI=1S/C22H40N2/c1-3-4-5-6-7-8-9-10-11-12-14-21-15-17-22(18-16-21)24(2)20-13-19-23/h15-18H,3-14,19-20,23H2,1-2H3. The molecule has 0 saturated carbocycles. The molecule has 1 rings (SSSR count). The van der Waals surface area contributed by atoms with Crippen molar-refractivity contribution < 1.29 is 0 Å². The minimum Gasteiger partial charge on any atom is -0.375 e. The van der Waals surface area contributed by atoms with E-state index < -0.39 is 0 Å². The third kappa shape index (κ3) is 9.97. The van der Waals surface area contributed by atoms with E-state index in [0.717, 1.165) is 19.5 Å². The van der Waals surface area contributed by atoms with Crippen LogP contribution < -0.4 is 10.6 Å². The van der Waals surface area contributed by atoms with Crippen LogP contribution in [0.15, 0.2) is 24.3 Å². The highest BCUT2D eigenvalue weighted by atomic mass is 15.1. The summed E-state index contributed by atoms with van der Waals surface area (Å²) in [5, 5.41) is 0. The van der Waals surface area contributed by atoms with E-state index in [-0.39, 0.29) is 0 Å². The average molecular weight is 333 g/mol. The fourth-order valence-corrected chi connectivity index (χ4v) is 3.19. The first-order valence-corrected chi connectivity index (χ1v) is 10.3. The van der Waals surface area contributed by atoms with Gasteiger partial charge in [0, 0.05) is 19.3 Å². The SMILES string of the molecule is CCCCCCCCCCCCc1ccc(N(C)CCCN)cc1. The van der Waals surface area contributed by atoms with Crippen molar-refractivity contribution in [2.75, 3.05) is 25.0 Å². The minimum atomic E-state index is 0.765. The molecule has 0 aliphatic heterocycles. The molecule has 1 aromatic rings. The molecular formula is C22H40N2. The molecule has 0 heterocycles. The number of hydrogen-bond donors (Lipinski definition) is 1. The van der Waals surface area contributed by atoms with E-state index in [1.54, 1.807) is 0 Å². The zero-order chi connectivity index (χ0) is 17.5. The summed E-state index contributed by atoms with van der Waals surface area (Å²) in [6.45, 7) is 4.09. The second-order valence-corrected chi connectivity index (χ2v) is 7.16. The molecule has 2 nitrogen and oxygen atoms in total. The highest BCUT2D eigenvalue weighted by Crippen LogP contribution is 2.16. The molecule has 0 aliphatic rings. The van der Waals surface area contributed by atoms with Gasteiger partial charge in [0.05, 0.1) is 0 Å². The van der Waals surface area contributed by atoms with Crippen molar-refractivity contribution in [3.8, 4) is 0 Å². The third-order valence-electron chi connectivity index (χ3n) is 4.89. The van der Waals surface area contributed by atoms with E-state index >= 15 is 0 Å². The van der Waals surface area contributed by atoms with Crippen LogP contribution in [-0.4, -0.2) is 20.1 Å². The van der Waals surface area contributed by atoms with Gasteiger partial charge in [-0.2, -0.15) is 0 Å². The normalized spacial score (nSPS) is 11.0. The van der Waals surface area contributed by atoms with Crippen molar-refractivity contribution in [3.05, 3.63) is 29.8 Å². The molecule has 24 heavy (non-hydrogen) atoms. The smallest absolute Gasteiger partial charge is 0.0363 e. The van der Waals surface area contributed by atoms with Crippen LogP contribution in [0.4, 0.5) is 5.69 Å². The van der Waals surface area contributed by atoms with E-state index in [1.165, 1.54) is 81.9 Å². The molecule has 0 fully saturated rings. The van der Waals surface area contributed by atoms with Crippen LogP contribution in [0.3, 0.4) is 0 Å². The number of aryl methyl sites for hydroxylation is 1. The molecule has 0 atom stereocenters. The first-order valence-electron chi connectivity index (χ1n) is 10.3. The number of unbranched alkanes of at least 4 members (excludes halogenated alkanes) is 9. The van der Waals surface area contributed by atoms with E-state index in [4.69, 9.17) is 5.73 Å². The summed E-state index contributed by atoms with van der Waals surface area (Å²) in [7, 11) is 2.15. The van der Waals surface area contributed by atoms with Gasteiger partial charge in [-0.25, -0.2) is 0 Å². The zero-order valence-electron chi connectivity index (χ0n) is 16.2. The van der Waals surface area contributed by atoms with Gasteiger partial charge in [0.25, 0.3) is 0 Å². The first-order chi connectivity index (χ1) is 11.8. The predicted octanol–water partition coefficient (Wildman–Crippen LogP) is 5.94. The second-order valence-electron chi connectivity index (χ2n) is 7.16. The molecule has 0 bridgehead atoms. The maximum atomic E-state index is 5.58. The van der Waals surface area contributed by atoms with E-state index in [0.29, 0.717) is 0 Å². The topological polar surface area (TPSA) is 29.3 Å². The monoisotopic (exact) mass is 332 g/mol. The maximum absolute atomic E-state index is 5.58. The van der Waals surface area contributed by atoms with Crippen LogP contribution >= 0.6 is 0 Å². The predicted molar refractivity (Wildman–Crippen MR) is 109 cm³/mol. The number of hydrogen-bond acceptors (Lipinski definition) is 2. The Morgan fingerprint density at radius 1 is 0.750 bits per heavy atom. The fourth-order valence-electron chi connectivity index (χ4n) is 3.19. The molecule has 2 N–H and O–H groups in total. The third-order valence-corrected chi connectivity index (χ3v) is 4.89. The molecule has 1 aromatic carbocycles. The summed E-state index contributed by atoms with van der Waals surface area (Å²) in [6.07, 6.45) is 16.4. The largest absolute Gasteiger partial charge is 0.375 e. The van der Waals surface area contributed by atoms with Gasteiger partial charge in [-0.15, -0.1) is 0 Å². The van der Waals surface area contributed by atoms with Crippen molar-refractivity contribution >= 4 is 5.69 Å². The summed E-state index contributed by atoms with van der Waals surface area (Å²) >= 11 is 0. The molecule has 0 aliphatic carbocycles. The van der Waals surface area contributed by atoms with Gasteiger partial charge in [-0.05, 0) is 43.5 Å². The lowest BCUT2D eigenvalue weighted by Gasteiger charge is -2.19. The number of benzene rings is 1. The lowest BCUT2D eigenvalue weighted by molar-refractivity contribution is 0.556. The molecule has 138 valence electrons. The molecule has 0 radical (unpaired) electrons. The molecule has 0 amide bonds. The summed E-state index contributed by atoms with van der Waals surface area (Å²) in [6, 6.07) is 9.09. The molecule has 0 unspecified atom stereocenters. The summed E-state index contributed by atoms with van der Waals surface area (Å²) in [5.74, 6) is 0. The van der Waals surface area contributed by atoms with Crippen molar-refractivity contribution in [1.82, 2.24) is 0 Å². The Bertz CT molecular complexity index is 385. The highest BCUT2D eigenvalue weighted by Gasteiger charge is 2.00. The van der Waals surface area contributed by atoms with Gasteiger partial charge in [-0.3, -0.25) is 0 Å². The molecule has 0 aromatic heterocycles. The second kappa shape index (κ2) is 14.3. The van der Waals surface area contributed by atoms with Crippen LogP contribution in [-0.2, 0) is 6.42 Å². The summed E-state index contributed by atoms with van der Waals surface area (Å²) in [4.78, 5) is 2.29. The minimum absolute atomic E-state index is 0.765. The van der Waals surface area contributed by atoms with Crippen LogP contribution in [0.5, 0.6) is 0 Å². The van der Waals surface area contributed by atoms with Gasteiger partial charge in [0.15, 0.2) is 0 Å². The Morgan fingerprint density at radius 3 is 1.83 bits per heavy atom. The zero-order valence-corrected chi connectivity index (χ0v) is 16.2. The lowest BCUT2D eigenvalue weighted by Crippen LogP contribution is -2.20. The quantitative estimate of drug-likeness (QED) is 0.403. The maximum Gasteiger partial charge on any atom is 0.0363 e. The first kappa shape index (κ1) is 21.0. The van der Waals surface area contributed by atoms with Gasteiger partial charge in [0.1, 0.15) is 0 Å². The Labute approximate surface area is 150 Å². The molecule has 0 spiro atoms. The van der Waals surface area contributed by atoms with Crippen LogP contribution in [0.25, 0.3) is 0 Å². The van der Waals surface area contributed by atoms with Crippen LogP contribution in [0.2, 0.25) is 0 Å². The van der Waals surface area contributed by atoms with Crippen molar-refractivity contribution in [3.63, 3.8) is 0 Å². The van der Waals surface area contributed by atoms with Gasteiger partial charge >= 0.3 is 0 Å². The Morgan fingerprint density at radius 2 is 1.29 bits per heavy atom. The van der Waals surface area contributed by atoms with Gasteiger partial charge < -0.3 is 10.6 Å². The van der Waals surface area contributed by atoms with Gasteiger partial charge in [-0.1, -0.05) is 76.8 Å². The lowest BCUT2D eigenvalue weighted by atomic mass is 10.0. The van der Waals surface area contributed by atoms with E-state index in [1.807, 2.05) is 0 Å². The van der Waals surface area contributed by atoms with Crippen molar-refractivity contribution in [2.24, 2.45) is 5.73 Å². The molecule has 0 saturated heterocycles. The number of anilines is 1. The number of nitrogens with zero attached hydrogens (tertiary/aromatic N) is 1. The Kier molecular flexibility index (Phi) is 12.6. The average Bonchev–Trinajstić information content (AvgIpc) is 2.61. The summed E-state index contributed by atoms with van der Waals surface area (Å²) < 4.78 is 0. The Balaban J connectivity index is 2.05. The fraction of sp³-hybridized carbons (Fsp3) is 0.727. The molecular weight excluding hydrogens is 292 g/mol. The number of rotatable bonds is 15.